The maximum absolute atomic E-state index is 13.5. The minimum absolute atomic E-state index is 0.109. The van der Waals surface area contributed by atoms with Gasteiger partial charge in [0.25, 0.3) is 10.0 Å². The first-order valence-corrected chi connectivity index (χ1v) is 6.54. The molecule has 0 atom stereocenters. The third-order valence-corrected chi connectivity index (χ3v) is 3.58. The summed E-state index contributed by atoms with van der Waals surface area (Å²) in [7, 11) is -3.93. The maximum Gasteiger partial charge on any atom is 0.278 e. The molecule has 19 heavy (non-hydrogen) atoms. The number of imidazole rings is 1. The average Bonchev–Trinajstić information content (AvgIpc) is 2.81. The van der Waals surface area contributed by atoms with Crippen LogP contribution in [0.15, 0.2) is 35.7 Å². The summed E-state index contributed by atoms with van der Waals surface area (Å²) in [5, 5.41) is 7.11. The van der Waals surface area contributed by atoms with Gasteiger partial charge in [-0.2, -0.15) is 8.42 Å². The second-order valence-corrected chi connectivity index (χ2v) is 5.25. The van der Waals surface area contributed by atoms with Crippen LogP contribution in [0.5, 0.6) is 0 Å². The van der Waals surface area contributed by atoms with Gasteiger partial charge >= 0.3 is 0 Å². The van der Waals surface area contributed by atoms with Crippen LogP contribution in [0.4, 0.5) is 10.1 Å². The minimum Gasteiger partial charge on any atom is -0.384 e. The average molecular weight is 283 g/mol. The first kappa shape index (κ1) is 13.0. The number of nitrogen functional groups attached to an aromatic ring is 1. The number of nitrogens with two attached hydrogens (primary N) is 1. The molecule has 7 nitrogen and oxygen atoms in total. The highest BCUT2D eigenvalue weighted by Crippen LogP contribution is 2.21. The summed E-state index contributed by atoms with van der Waals surface area (Å²) in [5.74, 6) is -1.35. The second kappa shape index (κ2) is 4.69. The molecule has 100 valence electrons. The van der Waals surface area contributed by atoms with Crippen LogP contribution in [0.25, 0.3) is 0 Å². The summed E-state index contributed by atoms with van der Waals surface area (Å²) >= 11 is 0. The van der Waals surface area contributed by atoms with E-state index in [2.05, 4.69) is 14.7 Å². The molecule has 0 unspecified atom stereocenters. The maximum atomic E-state index is 13.5. The van der Waals surface area contributed by atoms with Gasteiger partial charge in [-0.15, -0.1) is 0 Å². The van der Waals surface area contributed by atoms with Crippen molar-refractivity contribution in [2.45, 2.75) is 5.03 Å². The van der Waals surface area contributed by atoms with E-state index in [0.717, 1.165) is 12.3 Å². The van der Waals surface area contributed by atoms with Gasteiger partial charge in [0.2, 0.25) is 0 Å². The van der Waals surface area contributed by atoms with Crippen LogP contribution in [0.2, 0.25) is 0 Å². The molecular weight excluding hydrogens is 273 g/mol. The quantitative estimate of drug-likeness (QED) is 0.485. The molecule has 2 aromatic rings. The Bertz CT molecular complexity index is 712. The molecule has 5 N–H and O–H groups in total. The monoisotopic (exact) mass is 283 g/mol. The van der Waals surface area contributed by atoms with Gasteiger partial charge in [-0.05, 0) is 12.1 Å². The lowest BCUT2D eigenvalue weighted by Crippen LogP contribution is -2.20. The predicted octanol–water partition coefficient (Wildman–Crippen LogP) is 0.634. The van der Waals surface area contributed by atoms with Crippen molar-refractivity contribution < 1.29 is 12.8 Å². The molecule has 0 aliphatic carbocycles. The van der Waals surface area contributed by atoms with E-state index in [1.54, 1.807) is 0 Å². The number of aromatic amines is 1. The van der Waals surface area contributed by atoms with Gasteiger partial charge in [0, 0.05) is 0 Å². The Balaban J connectivity index is 2.45. The van der Waals surface area contributed by atoms with Gasteiger partial charge in [-0.3, -0.25) is 10.1 Å². The highest BCUT2D eigenvalue weighted by molar-refractivity contribution is 7.92. The number of amidine groups is 1. The molecular formula is C10H10FN5O2S. The Labute approximate surface area is 108 Å². The number of hydrogen-bond donors (Lipinski definition) is 4. The summed E-state index contributed by atoms with van der Waals surface area (Å²) in [6.45, 7) is 0. The third kappa shape index (κ3) is 2.55. The van der Waals surface area contributed by atoms with Crippen molar-refractivity contribution in [3.05, 3.63) is 42.1 Å². The molecule has 2 rings (SSSR count). The molecule has 0 bridgehead atoms. The Morgan fingerprint density at radius 2 is 2.21 bits per heavy atom. The number of anilines is 1. The largest absolute Gasteiger partial charge is 0.384 e. The summed E-state index contributed by atoms with van der Waals surface area (Å²) in [5.41, 5.74) is 4.83. The van der Waals surface area contributed by atoms with Crippen LogP contribution < -0.4 is 10.5 Å². The van der Waals surface area contributed by atoms with E-state index < -0.39 is 21.7 Å². The van der Waals surface area contributed by atoms with E-state index in [-0.39, 0.29) is 16.3 Å². The first-order chi connectivity index (χ1) is 8.92. The van der Waals surface area contributed by atoms with E-state index in [0.29, 0.717) is 0 Å². The van der Waals surface area contributed by atoms with E-state index in [1.165, 1.54) is 18.5 Å². The number of H-pyrrole nitrogens is 1. The number of hydrogen-bond acceptors (Lipinski definition) is 4. The van der Waals surface area contributed by atoms with E-state index in [1.807, 2.05) is 0 Å². The molecule has 0 saturated heterocycles. The van der Waals surface area contributed by atoms with Crippen LogP contribution >= 0.6 is 0 Å². The zero-order chi connectivity index (χ0) is 14.0. The lowest BCUT2D eigenvalue weighted by atomic mass is 10.1. The Hall–Kier alpha value is -2.42. The zero-order valence-corrected chi connectivity index (χ0v) is 10.3. The van der Waals surface area contributed by atoms with Gasteiger partial charge in [0.1, 0.15) is 11.7 Å². The van der Waals surface area contributed by atoms with E-state index in [4.69, 9.17) is 11.1 Å². The minimum atomic E-state index is -3.93. The summed E-state index contributed by atoms with van der Waals surface area (Å²) < 4.78 is 39.6. The number of benzene rings is 1. The molecule has 0 aliphatic rings. The van der Waals surface area contributed by atoms with E-state index >= 15 is 0 Å². The fraction of sp³-hybridized carbons (Fsp3) is 0. The second-order valence-electron chi connectivity index (χ2n) is 3.60. The van der Waals surface area contributed by atoms with Gasteiger partial charge in [0.05, 0.1) is 23.8 Å². The molecule has 1 aromatic carbocycles. The number of nitrogens with zero attached hydrogens (tertiary/aromatic N) is 1. The van der Waals surface area contributed by atoms with Crippen LogP contribution in [0, 0.1) is 11.2 Å². The fourth-order valence-corrected chi connectivity index (χ4v) is 2.45. The summed E-state index contributed by atoms with van der Waals surface area (Å²) in [6.07, 6.45) is 2.31. The number of halogens is 1. The first-order valence-electron chi connectivity index (χ1n) is 5.06. The lowest BCUT2D eigenvalue weighted by Gasteiger charge is -2.11. The summed E-state index contributed by atoms with van der Waals surface area (Å²) in [6, 6.07) is 3.71. The third-order valence-electron chi connectivity index (χ3n) is 2.29. The van der Waals surface area contributed by atoms with Crippen molar-refractivity contribution in [3.63, 3.8) is 0 Å². The van der Waals surface area contributed by atoms with Crippen molar-refractivity contribution in [1.29, 1.82) is 5.41 Å². The highest BCUT2D eigenvalue weighted by Gasteiger charge is 2.19. The van der Waals surface area contributed by atoms with Crippen molar-refractivity contribution >= 4 is 21.5 Å². The van der Waals surface area contributed by atoms with Crippen molar-refractivity contribution in [3.8, 4) is 0 Å². The van der Waals surface area contributed by atoms with Crippen molar-refractivity contribution in [2.24, 2.45) is 5.73 Å². The molecule has 0 fully saturated rings. The molecule has 0 amide bonds. The Morgan fingerprint density at radius 3 is 2.79 bits per heavy atom. The highest BCUT2D eigenvalue weighted by atomic mass is 32.2. The van der Waals surface area contributed by atoms with Gasteiger partial charge in [-0.25, -0.2) is 9.37 Å². The number of sulfonamides is 1. The predicted molar refractivity (Wildman–Crippen MR) is 66.8 cm³/mol. The van der Waals surface area contributed by atoms with Crippen LogP contribution in [-0.2, 0) is 10.0 Å². The molecule has 0 aliphatic heterocycles. The Morgan fingerprint density at radius 1 is 1.47 bits per heavy atom. The van der Waals surface area contributed by atoms with Crippen molar-refractivity contribution in [2.75, 3.05) is 4.72 Å². The number of aromatic nitrogens is 2. The molecule has 0 spiro atoms. The van der Waals surface area contributed by atoms with E-state index in [9.17, 15) is 12.8 Å². The normalized spacial score (nSPS) is 11.2. The smallest absolute Gasteiger partial charge is 0.278 e. The molecule has 0 saturated carbocycles. The number of nitrogens with one attached hydrogen (secondary N) is 3. The van der Waals surface area contributed by atoms with Gasteiger partial charge in [-0.1, -0.05) is 6.07 Å². The molecule has 1 aromatic heterocycles. The van der Waals surface area contributed by atoms with Gasteiger partial charge in [0.15, 0.2) is 5.03 Å². The van der Waals surface area contributed by atoms with Crippen molar-refractivity contribution in [1.82, 2.24) is 9.97 Å². The topological polar surface area (TPSA) is 125 Å². The molecule has 9 heteroatoms. The standard InChI is InChI=1S/C10H10FN5O2S/c11-6-2-1-3-7(9(6)10(12)13)16-19(17,18)8-4-14-5-15-8/h1-5,16H,(H3,12,13)(H,14,15). The molecule has 1 heterocycles. The zero-order valence-electron chi connectivity index (χ0n) is 9.51. The SMILES string of the molecule is N=C(N)c1c(F)cccc1NS(=O)(=O)c1cnc[nH]1. The number of rotatable bonds is 4. The fourth-order valence-electron chi connectivity index (χ4n) is 1.47. The van der Waals surface area contributed by atoms with Crippen LogP contribution in [0.1, 0.15) is 5.56 Å². The molecule has 0 radical (unpaired) electrons. The summed E-state index contributed by atoms with van der Waals surface area (Å²) in [4.78, 5) is 6.01. The van der Waals surface area contributed by atoms with Gasteiger partial charge < -0.3 is 10.7 Å². The van der Waals surface area contributed by atoms with Crippen LogP contribution in [-0.4, -0.2) is 24.2 Å². The van der Waals surface area contributed by atoms with Crippen LogP contribution in [0.3, 0.4) is 0 Å². The lowest BCUT2D eigenvalue weighted by molar-refractivity contribution is 0.598. The Kier molecular flexibility index (Phi) is 3.21.